The average molecular weight is 189 g/mol. The maximum Gasteiger partial charge on any atom is 0.296 e. The summed E-state index contributed by atoms with van der Waals surface area (Å²) in [5.41, 5.74) is 0. The van der Waals surface area contributed by atoms with Crippen LogP contribution in [0.5, 0.6) is 0 Å². The lowest BCUT2D eigenvalue weighted by Gasteiger charge is -2.25. The van der Waals surface area contributed by atoms with E-state index in [2.05, 4.69) is 26.2 Å². The molecule has 4 heteroatoms. The van der Waals surface area contributed by atoms with E-state index in [9.17, 15) is 4.80 Å². The molecule has 0 saturated heterocycles. The first-order valence-electron chi connectivity index (χ1n) is 3.72. The molecule has 0 bridgehead atoms. The Morgan fingerprint density at radius 1 is 1.18 bits per heavy atom. The van der Waals surface area contributed by atoms with Crippen molar-refractivity contribution < 1.29 is 9.22 Å². The Kier molecular flexibility index (Phi) is 3.10. The molecule has 0 fully saturated rings. The van der Waals surface area contributed by atoms with Crippen molar-refractivity contribution in [3.63, 3.8) is 0 Å². The summed E-state index contributed by atoms with van der Waals surface area (Å²) >= 11 is 0. The fourth-order valence-electron chi connectivity index (χ4n) is 0.492. The van der Waals surface area contributed by atoms with Gasteiger partial charge in [0.15, 0.2) is 0 Å². The topological polar surface area (TPSA) is 29.1 Å². The van der Waals surface area contributed by atoms with Gasteiger partial charge >= 0.3 is 0 Å². The molecule has 0 heterocycles. The zero-order chi connectivity index (χ0) is 9.28. The van der Waals surface area contributed by atoms with Crippen molar-refractivity contribution in [2.24, 2.45) is 0 Å². The van der Waals surface area contributed by atoms with Gasteiger partial charge < -0.3 is 4.43 Å². The summed E-state index contributed by atoms with van der Waals surface area (Å²) in [4.78, 5) is 11.4. The van der Waals surface area contributed by atoms with Crippen molar-refractivity contribution in [3.8, 4) is 0 Å². The average Bonchev–Trinajstić information content (AvgIpc) is 1.56. The zero-order valence-corrected chi connectivity index (χ0v) is 10.0. The fraction of sp³-hybridized carbons (Fsp3) is 0.714. The lowest BCUT2D eigenvalue weighted by molar-refractivity contribution is 0.380. The number of hydrogen-bond acceptors (Lipinski definition) is 1. The molecule has 0 N–H and O–H groups in total. The quantitative estimate of drug-likeness (QED) is 0.495. The molecule has 0 aromatic heterocycles. The summed E-state index contributed by atoms with van der Waals surface area (Å²) in [7, 11) is -4.10. The van der Waals surface area contributed by atoms with Crippen molar-refractivity contribution in [1.82, 2.24) is 0 Å². The van der Waals surface area contributed by atoms with E-state index in [1.807, 2.05) is 0 Å². The molecule has 2 nitrogen and oxygen atoms in total. The van der Waals surface area contributed by atoms with Gasteiger partial charge in [0.1, 0.15) is 0 Å². The molecule has 0 aliphatic carbocycles. The van der Waals surface area contributed by atoms with Crippen molar-refractivity contribution in [2.45, 2.75) is 32.7 Å². The normalized spacial score (nSPS) is 12.9. The lowest BCUT2D eigenvalue weighted by atomic mass is 11.2. The first-order valence-corrected chi connectivity index (χ1v) is 10.0. The smallest absolute Gasteiger partial charge is 0.296 e. The minimum atomic E-state index is -2.50. The first kappa shape index (κ1) is 10.9. The summed E-state index contributed by atoms with van der Waals surface area (Å²) < 4.78 is 5.50. The molecule has 0 aliphatic rings. The molecular weight excluding hydrogens is 172 g/mol. The summed E-state index contributed by atoms with van der Waals surface area (Å²) in [5, 5.41) is 0.497. The van der Waals surface area contributed by atoms with Crippen molar-refractivity contribution in [3.05, 3.63) is 12.0 Å². The maximum atomic E-state index is 11.4. The van der Waals surface area contributed by atoms with E-state index in [1.165, 1.54) is 0 Å². The van der Waals surface area contributed by atoms with E-state index >= 15 is 0 Å². The molecule has 0 rings (SSSR count). The largest absolute Gasteiger partial charge is 0.549 e. The van der Waals surface area contributed by atoms with E-state index in [-0.39, 0.29) is 0 Å². The molecule has 65 valence electrons. The molecule has 0 unspecified atom stereocenters. The zero-order valence-electron chi connectivity index (χ0n) is 8.02. The highest BCUT2D eigenvalue weighted by molar-refractivity contribution is 6.78. The van der Waals surface area contributed by atoms with Gasteiger partial charge in [-0.25, -0.2) is 0 Å². The van der Waals surface area contributed by atoms with E-state index in [0.29, 0.717) is 5.38 Å². The standard InChI is InChI=1S/C7H17O2Si2/c1-7(11(5,6)8)9-10(2,3)4/h1H2,2-6H3. The van der Waals surface area contributed by atoms with Gasteiger partial charge in [0.05, 0.1) is 5.38 Å². The highest BCUT2D eigenvalue weighted by Gasteiger charge is 2.30. The summed E-state index contributed by atoms with van der Waals surface area (Å²) in [6, 6.07) is 0. The summed E-state index contributed by atoms with van der Waals surface area (Å²) in [6.45, 7) is 13.2. The highest BCUT2D eigenvalue weighted by atomic mass is 28.4. The van der Waals surface area contributed by atoms with Crippen LogP contribution in [0.15, 0.2) is 12.0 Å². The van der Waals surface area contributed by atoms with Gasteiger partial charge in [0.25, 0.3) is 8.32 Å². The van der Waals surface area contributed by atoms with Gasteiger partial charge in [-0.15, -0.1) is 0 Å². The van der Waals surface area contributed by atoms with Gasteiger partial charge in [-0.2, -0.15) is 0 Å². The molecule has 0 aromatic rings. The predicted molar refractivity (Wildman–Crippen MR) is 51.7 cm³/mol. The van der Waals surface area contributed by atoms with E-state index < -0.39 is 16.6 Å². The molecule has 0 saturated carbocycles. The minimum Gasteiger partial charge on any atom is -0.549 e. The van der Waals surface area contributed by atoms with Crippen LogP contribution < -0.4 is 0 Å². The Bertz CT molecular complexity index is 153. The SMILES string of the molecule is C=C(O[Si](C)(C)C)[Si](C)(C)[O]. The van der Waals surface area contributed by atoms with Crippen LogP contribution >= 0.6 is 0 Å². The van der Waals surface area contributed by atoms with E-state index in [1.54, 1.807) is 13.1 Å². The molecule has 0 aromatic carbocycles. The van der Waals surface area contributed by atoms with Crippen LogP contribution in [0.1, 0.15) is 0 Å². The van der Waals surface area contributed by atoms with Gasteiger partial charge in [-0.3, -0.25) is 4.80 Å². The molecule has 0 aliphatic heterocycles. The van der Waals surface area contributed by atoms with E-state index in [4.69, 9.17) is 4.43 Å². The Morgan fingerprint density at radius 2 is 1.55 bits per heavy atom. The van der Waals surface area contributed by atoms with Crippen LogP contribution in [0, 0.1) is 0 Å². The summed E-state index contributed by atoms with van der Waals surface area (Å²) in [5.74, 6) is 0. The van der Waals surface area contributed by atoms with Crippen LogP contribution in [0.25, 0.3) is 0 Å². The Hall–Kier alpha value is -0.0662. The monoisotopic (exact) mass is 189 g/mol. The second-order valence-electron chi connectivity index (χ2n) is 4.15. The van der Waals surface area contributed by atoms with E-state index in [0.717, 1.165) is 0 Å². The minimum absolute atomic E-state index is 0.497. The second kappa shape index (κ2) is 3.12. The molecule has 0 atom stereocenters. The van der Waals surface area contributed by atoms with Crippen LogP contribution in [-0.2, 0) is 9.22 Å². The number of hydrogen-bond donors (Lipinski definition) is 0. The number of rotatable bonds is 3. The maximum absolute atomic E-state index is 11.4. The van der Waals surface area contributed by atoms with Gasteiger partial charge in [0.2, 0.25) is 8.32 Å². The third-order valence-electron chi connectivity index (χ3n) is 1.10. The molecule has 0 amide bonds. The van der Waals surface area contributed by atoms with Crippen LogP contribution in [0.3, 0.4) is 0 Å². The molecule has 11 heavy (non-hydrogen) atoms. The van der Waals surface area contributed by atoms with Gasteiger partial charge in [0, 0.05) is 0 Å². The van der Waals surface area contributed by atoms with Crippen LogP contribution in [-0.4, -0.2) is 16.6 Å². The second-order valence-corrected chi connectivity index (χ2v) is 12.2. The lowest BCUT2D eigenvalue weighted by Crippen LogP contribution is -2.35. The van der Waals surface area contributed by atoms with Crippen molar-refractivity contribution in [1.29, 1.82) is 0 Å². The van der Waals surface area contributed by atoms with Crippen molar-refractivity contribution >= 4 is 16.6 Å². The van der Waals surface area contributed by atoms with Gasteiger partial charge in [-0.05, 0) is 32.7 Å². The van der Waals surface area contributed by atoms with Gasteiger partial charge in [-0.1, -0.05) is 6.58 Å². The predicted octanol–water partition coefficient (Wildman–Crippen LogP) is 2.53. The summed E-state index contributed by atoms with van der Waals surface area (Å²) in [6.07, 6.45) is 0. The first-order chi connectivity index (χ1) is 4.63. The Balaban J connectivity index is 4.11. The van der Waals surface area contributed by atoms with Crippen molar-refractivity contribution in [2.75, 3.05) is 0 Å². The fourth-order valence-corrected chi connectivity index (χ4v) is 3.13. The van der Waals surface area contributed by atoms with Crippen LogP contribution in [0.2, 0.25) is 32.7 Å². The van der Waals surface area contributed by atoms with Crippen LogP contribution in [0.4, 0.5) is 0 Å². The third-order valence-corrected chi connectivity index (χ3v) is 3.61. The Morgan fingerprint density at radius 3 is 1.64 bits per heavy atom. The molecule has 1 radical (unpaired) electrons. The Labute approximate surface area is 71.2 Å². The highest BCUT2D eigenvalue weighted by Crippen LogP contribution is 2.16. The third kappa shape index (κ3) is 5.23. The molecular formula is C7H17O2Si2. The molecule has 0 spiro atoms.